The molecule has 0 unspecified atom stereocenters. The predicted molar refractivity (Wildman–Crippen MR) is 83.2 cm³/mol. The first kappa shape index (κ1) is 16.6. The van der Waals surface area contributed by atoms with Gasteiger partial charge in [0, 0.05) is 31.3 Å². The minimum atomic E-state index is -0.898. The van der Waals surface area contributed by atoms with E-state index >= 15 is 0 Å². The highest BCUT2D eigenvalue weighted by molar-refractivity contribution is 5.19. The number of aliphatic hydroxyl groups is 1. The van der Waals surface area contributed by atoms with E-state index in [-0.39, 0.29) is 0 Å². The highest BCUT2D eigenvalue weighted by Crippen LogP contribution is 2.17. The molecule has 2 aromatic rings. The van der Waals surface area contributed by atoms with Gasteiger partial charge in [-0.15, -0.1) is 0 Å². The van der Waals surface area contributed by atoms with E-state index in [4.69, 9.17) is 0 Å². The van der Waals surface area contributed by atoms with Gasteiger partial charge in [0.05, 0.1) is 5.60 Å². The minimum absolute atomic E-state index is 0.311. The van der Waals surface area contributed by atoms with Crippen LogP contribution in [0.4, 0.5) is 8.78 Å². The highest BCUT2D eigenvalue weighted by Gasteiger charge is 2.20. The number of rotatable bonds is 6. The van der Waals surface area contributed by atoms with Crippen LogP contribution in [0.15, 0.2) is 48.5 Å². The second kappa shape index (κ2) is 6.99. The van der Waals surface area contributed by atoms with Crippen LogP contribution >= 0.6 is 0 Å². The SMILES string of the molecule is CC(C)(O)CN(Cc1ccccc1)Cc1ccc(F)cc1F. The van der Waals surface area contributed by atoms with Gasteiger partial charge in [-0.3, -0.25) is 4.90 Å². The molecular weight excluding hydrogens is 284 g/mol. The van der Waals surface area contributed by atoms with Gasteiger partial charge in [0.25, 0.3) is 0 Å². The van der Waals surface area contributed by atoms with Crippen molar-refractivity contribution in [2.45, 2.75) is 32.5 Å². The van der Waals surface area contributed by atoms with Crippen LogP contribution in [0, 0.1) is 11.6 Å². The van der Waals surface area contributed by atoms with Crippen LogP contribution in [0.2, 0.25) is 0 Å². The molecule has 2 aromatic carbocycles. The molecule has 0 heterocycles. The fourth-order valence-electron chi connectivity index (χ4n) is 2.45. The largest absolute Gasteiger partial charge is 0.389 e. The molecule has 0 atom stereocenters. The lowest BCUT2D eigenvalue weighted by Crippen LogP contribution is -2.38. The van der Waals surface area contributed by atoms with Crippen LogP contribution in [-0.2, 0) is 13.1 Å². The third kappa shape index (κ3) is 5.20. The third-order valence-electron chi connectivity index (χ3n) is 3.27. The van der Waals surface area contributed by atoms with Gasteiger partial charge in [-0.1, -0.05) is 36.4 Å². The van der Waals surface area contributed by atoms with Crippen LogP contribution in [0.3, 0.4) is 0 Å². The van der Waals surface area contributed by atoms with Gasteiger partial charge in [0.15, 0.2) is 0 Å². The van der Waals surface area contributed by atoms with Crippen molar-refractivity contribution in [2.24, 2.45) is 0 Å². The second-order valence-corrected chi connectivity index (χ2v) is 6.18. The van der Waals surface area contributed by atoms with Gasteiger partial charge < -0.3 is 5.11 Å². The van der Waals surface area contributed by atoms with Gasteiger partial charge >= 0.3 is 0 Å². The molecule has 0 aromatic heterocycles. The normalized spacial score (nSPS) is 11.9. The Morgan fingerprint density at radius 1 is 1.00 bits per heavy atom. The van der Waals surface area contributed by atoms with E-state index in [0.29, 0.717) is 25.2 Å². The zero-order valence-corrected chi connectivity index (χ0v) is 12.9. The first-order valence-electron chi connectivity index (χ1n) is 7.26. The Kier molecular flexibility index (Phi) is 5.27. The maximum atomic E-state index is 13.9. The average Bonchev–Trinajstić information content (AvgIpc) is 2.41. The summed E-state index contributed by atoms with van der Waals surface area (Å²) < 4.78 is 26.9. The molecule has 1 N–H and O–H groups in total. The van der Waals surface area contributed by atoms with Gasteiger partial charge in [0.2, 0.25) is 0 Å². The van der Waals surface area contributed by atoms with Crippen molar-refractivity contribution < 1.29 is 13.9 Å². The molecule has 2 rings (SSSR count). The molecule has 0 spiro atoms. The van der Waals surface area contributed by atoms with E-state index in [1.807, 2.05) is 35.2 Å². The lowest BCUT2D eigenvalue weighted by atomic mass is 10.1. The Balaban J connectivity index is 2.17. The molecule has 0 radical (unpaired) electrons. The minimum Gasteiger partial charge on any atom is -0.389 e. The van der Waals surface area contributed by atoms with Crippen LogP contribution in [0.5, 0.6) is 0 Å². The smallest absolute Gasteiger partial charge is 0.130 e. The lowest BCUT2D eigenvalue weighted by molar-refractivity contribution is 0.0303. The molecule has 2 nitrogen and oxygen atoms in total. The van der Waals surface area contributed by atoms with Gasteiger partial charge in [0.1, 0.15) is 11.6 Å². The summed E-state index contributed by atoms with van der Waals surface area (Å²) in [5, 5.41) is 10.1. The second-order valence-electron chi connectivity index (χ2n) is 6.18. The average molecular weight is 305 g/mol. The van der Waals surface area contributed by atoms with E-state index in [0.717, 1.165) is 11.6 Å². The highest BCUT2D eigenvalue weighted by atomic mass is 19.1. The summed E-state index contributed by atoms with van der Waals surface area (Å²) in [6.45, 7) is 4.71. The Labute approximate surface area is 130 Å². The van der Waals surface area contributed by atoms with E-state index in [9.17, 15) is 13.9 Å². The topological polar surface area (TPSA) is 23.5 Å². The Bertz CT molecular complexity index is 608. The zero-order valence-electron chi connectivity index (χ0n) is 12.9. The summed E-state index contributed by atoms with van der Waals surface area (Å²) in [6, 6.07) is 13.4. The first-order chi connectivity index (χ1) is 10.3. The van der Waals surface area contributed by atoms with Crippen LogP contribution in [0.25, 0.3) is 0 Å². The molecule has 118 valence electrons. The summed E-state index contributed by atoms with van der Waals surface area (Å²) in [5.74, 6) is -1.15. The van der Waals surface area contributed by atoms with E-state index in [1.54, 1.807) is 13.8 Å². The summed E-state index contributed by atoms with van der Waals surface area (Å²) >= 11 is 0. The Morgan fingerprint density at radius 3 is 2.27 bits per heavy atom. The summed E-state index contributed by atoms with van der Waals surface area (Å²) in [7, 11) is 0. The molecule has 0 saturated heterocycles. The maximum Gasteiger partial charge on any atom is 0.130 e. The van der Waals surface area contributed by atoms with Crippen molar-refractivity contribution in [3.05, 3.63) is 71.3 Å². The quantitative estimate of drug-likeness (QED) is 0.879. The fraction of sp³-hybridized carbons (Fsp3) is 0.333. The van der Waals surface area contributed by atoms with Crippen molar-refractivity contribution in [2.75, 3.05) is 6.54 Å². The molecule has 0 amide bonds. The predicted octanol–water partition coefficient (Wildman–Crippen LogP) is 3.74. The van der Waals surface area contributed by atoms with Crippen LogP contribution in [0.1, 0.15) is 25.0 Å². The molecule has 0 aliphatic carbocycles. The molecule has 4 heteroatoms. The Hall–Kier alpha value is -1.78. The standard InChI is InChI=1S/C18H21F2NO/c1-18(2,22)13-21(11-14-6-4-3-5-7-14)12-15-8-9-16(19)10-17(15)20/h3-10,22H,11-13H2,1-2H3. The maximum absolute atomic E-state index is 13.9. The third-order valence-corrected chi connectivity index (χ3v) is 3.27. The van der Waals surface area contributed by atoms with Crippen molar-refractivity contribution in [1.29, 1.82) is 0 Å². The number of hydrogen-bond acceptors (Lipinski definition) is 2. The summed E-state index contributed by atoms with van der Waals surface area (Å²) in [5.41, 5.74) is 0.599. The van der Waals surface area contributed by atoms with Crippen molar-refractivity contribution in [1.82, 2.24) is 4.90 Å². The molecule has 0 aliphatic heterocycles. The molecule has 0 fully saturated rings. The van der Waals surface area contributed by atoms with E-state index < -0.39 is 17.2 Å². The van der Waals surface area contributed by atoms with E-state index in [1.165, 1.54) is 12.1 Å². The molecule has 22 heavy (non-hydrogen) atoms. The Morgan fingerprint density at radius 2 is 1.68 bits per heavy atom. The van der Waals surface area contributed by atoms with Crippen molar-refractivity contribution >= 4 is 0 Å². The molecule has 0 bridgehead atoms. The number of halogens is 2. The van der Waals surface area contributed by atoms with Gasteiger partial charge in [-0.05, 0) is 25.5 Å². The van der Waals surface area contributed by atoms with E-state index in [2.05, 4.69) is 0 Å². The van der Waals surface area contributed by atoms with Crippen LogP contribution < -0.4 is 0 Å². The van der Waals surface area contributed by atoms with Crippen molar-refractivity contribution in [3.8, 4) is 0 Å². The molecule has 0 aliphatic rings. The zero-order chi connectivity index (χ0) is 16.2. The first-order valence-corrected chi connectivity index (χ1v) is 7.26. The summed E-state index contributed by atoms with van der Waals surface area (Å²) in [4.78, 5) is 1.95. The number of benzene rings is 2. The summed E-state index contributed by atoms with van der Waals surface area (Å²) in [6.07, 6.45) is 0. The van der Waals surface area contributed by atoms with Crippen molar-refractivity contribution in [3.63, 3.8) is 0 Å². The number of nitrogens with zero attached hydrogens (tertiary/aromatic N) is 1. The van der Waals surface area contributed by atoms with Gasteiger partial charge in [-0.2, -0.15) is 0 Å². The van der Waals surface area contributed by atoms with Gasteiger partial charge in [-0.25, -0.2) is 8.78 Å². The molecule has 0 saturated carbocycles. The monoisotopic (exact) mass is 305 g/mol. The lowest BCUT2D eigenvalue weighted by Gasteiger charge is -2.29. The number of hydrogen-bond donors (Lipinski definition) is 1. The fourth-order valence-corrected chi connectivity index (χ4v) is 2.45. The molecular formula is C18H21F2NO. The van der Waals surface area contributed by atoms with Crippen LogP contribution in [-0.4, -0.2) is 22.2 Å².